The molecule has 0 radical (unpaired) electrons. The van der Waals surface area contributed by atoms with Gasteiger partial charge in [-0.25, -0.2) is 0 Å². The first-order valence-electron chi connectivity index (χ1n) is 5.98. The Morgan fingerprint density at radius 2 is 1.72 bits per heavy atom. The highest BCUT2D eigenvalue weighted by molar-refractivity contribution is 7.99. The Balaban J connectivity index is 2.09. The highest BCUT2D eigenvalue weighted by Crippen LogP contribution is 2.19. The van der Waals surface area contributed by atoms with Gasteiger partial charge >= 0.3 is 0 Å². The van der Waals surface area contributed by atoms with E-state index in [2.05, 4.69) is 37.3 Å². The molecule has 0 atom stereocenters. The standard InChI is InChI=1S/C16H16OS/c1-2-18-16-10-8-13(9-11-16)6-7-14-4-3-5-15(17)12-14/h3-12,17H,2H2,1H3/b7-6+. The largest absolute Gasteiger partial charge is 0.508 e. The van der Waals surface area contributed by atoms with Crippen LogP contribution in [0.2, 0.25) is 0 Å². The van der Waals surface area contributed by atoms with E-state index in [9.17, 15) is 5.11 Å². The molecule has 2 rings (SSSR count). The molecule has 18 heavy (non-hydrogen) atoms. The maximum atomic E-state index is 9.37. The zero-order valence-corrected chi connectivity index (χ0v) is 11.2. The molecular formula is C16H16OS. The summed E-state index contributed by atoms with van der Waals surface area (Å²) in [4.78, 5) is 1.30. The highest BCUT2D eigenvalue weighted by atomic mass is 32.2. The van der Waals surface area contributed by atoms with Crippen molar-refractivity contribution in [3.8, 4) is 5.75 Å². The third-order valence-corrected chi connectivity index (χ3v) is 3.42. The van der Waals surface area contributed by atoms with Gasteiger partial charge in [0.1, 0.15) is 5.75 Å². The van der Waals surface area contributed by atoms with Crippen LogP contribution in [0.25, 0.3) is 12.2 Å². The van der Waals surface area contributed by atoms with Crippen molar-refractivity contribution < 1.29 is 5.11 Å². The molecule has 1 N–H and O–H groups in total. The number of phenolic OH excluding ortho intramolecular Hbond substituents is 1. The Morgan fingerprint density at radius 3 is 2.39 bits per heavy atom. The number of hydrogen-bond acceptors (Lipinski definition) is 2. The second-order valence-corrected chi connectivity index (χ2v) is 5.27. The van der Waals surface area contributed by atoms with E-state index in [-0.39, 0.29) is 0 Å². The molecule has 2 aromatic carbocycles. The minimum Gasteiger partial charge on any atom is -0.508 e. The van der Waals surface area contributed by atoms with E-state index in [0.29, 0.717) is 5.75 Å². The van der Waals surface area contributed by atoms with Gasteiger partial charge in [0, 0.05) is 4.90 Å². The molecule has 0 amide bonds. The Kier molecular flexibility index (Phi) is 4.48. The molecule has 0 saturated carbocycles. The van der Waals surface area contributed by atoms with Crippen LogP contribution in [0, 0.1) is 0 Å². The monoisotopic (exact) mass is 256 g/mol. The van der Waals surface area contributed by atoms with Gasteiger partial charge in [-0.1, -0.05) is 43.3 Å². The van der Waals surface area contributed by atoms with E-state index in [1.54, 1.807) is 12.1 Å². The molecule has 2 heteroatoms. The fraction of sp³-hybridized carbons (Fsp3) is 0.125. The number of benzene rings is 2. The predicted octanol–water partition coefficient (Wildman–Crippen LogP) is 4.67. The van der Waals surface area contributed by atoms with E-state index in [0.717, 1.165) is 11.3 Å². The number of thioether (sulfide) groups is 1. The van der Waals surface area contributed by atoms with Crippen LogP contribution in [0.1, 0.15) is 18.1 Å². The lowest BCUT2D eigenvalue weighted by molar-refractivity contribution is 0.475. The van der Waals surface area contributed by atoms with Crippen molar-refractivity contribution in [3.05, 3.63) is 59.7 Å². The summed E-state index contributed by atoms with van der Waals surface area (Å²) in [5, 5.41) is 9.37. The lowest BCUT2D eigenvalue weighted by Gasteiger charge is -1.99. The van der Waals surface area contributed by atoms with Gasteiger partial charge in [0.15, 0.2) is 0 Å². The number of aromatic hydroxyl groups is 1. The number of rotatable bonds is 4. The maximum absolute atomic E-state index is 9.37. The molecule has 1 nitrogen and oxygen atoms in total. The zero-order valence-electron chi connectivity index (χ0n) is 10.3. The molecule has 0 aliphatic rings. The summed E-state index contributed by atoms with van der Waals surface area (Å²) >= 11 is 1.84. The zero-order chi connectivity index (χ0) is 12.8. The molecule has 0 spiro atoms. The fourth-order valence-electron chi connectivity index (χ4n) is 1.66. The Morgan fingerprint density at radius 1 is 1.00 bits per heavy atom. The average molecular weight is 256 g/mol. The van der Waals surface area contributed by atoms with Crippen LogP contribution in [0.5, 0.6) is 5.75 Å². The number of hydrogen-bond donors (Lipinski definition) is 1. The molecule has 2 aromatic rings. The van der Waals surface area contributed by atoms with Crippen LogP contribution in [0.4, 0.5) is 0 Å². The van der Waals surface area contributed by atoms with E-state index in [1.807, 2.05) is 30.0 Å². The highest BCUT2D eigenvalue weighted by Gasteiger charge is 1.92. The summed E-state index contributed by atoms with van der Waals surface area (Å²) < 4.78 is 0. The van der Waals surface area contributed by atoms with Crippen LogP contribution >= 0.6 is 11.8 Å². The minimum absolute atomic E-state index is 0.298. The lowest BCUT2D eigenvalue weighted by Crippen LogP contribution is -1.75. The normalized spacial score (nSPS) is 10.9. The van der Waals surface area contributed by atoms with Crippen LogP contribution in [-0.2, 0) is 0 Å². The molecule has 0 bridgehead atoms. The van der Waals surface area contributed by atoms with E-state index in [1.165, 1.54) is 10.5 Å². The van der Waals surface area contributed by atoms with Crippen LogP contribution in [0.3, 0.4) is 0 Å². The summed E-state index contributed by atoms with van der Waals surface area (Å²) in [6.07, 6.45) is 4.05. The van der Waals surface area contributed by atoms with Crippen molar-refractivity contribution in [1.29, 1.82) is 0 Å². The fourth-order valence-corrected chi connectivity index (χ4v) is 2.32. The topological polar surface area (TPSA) is 20.2 Å². The Bertz CT molecular complexity index is 529. The van der Waals surface area contributed by atoms with Gasteiger partial charge in [-0.15, -0.1) is 11.8 Å². The average Bonchev–Trinajstić information content (AvgIpc) is 2.38. The first-order valence-corrected chi connectivity index (χ1v) is 6.96. The first kappa shape index (κ1) is 12.8. The van der Waals surface area contributed by atoms with Gasteiger partial charge in [-0.2, -0.15) is 0 Å². The van der Waals surface area contributed by atoms with Gasteiger partial charge in [0.05, 0.1) is 0 Å². The second-order valence-electron chi connectivity index (χ2n) is 3.93. The third-order valence-electron chi connectivity index (χ3n) is 2.53. The Hall–Kier alpha value is -1.67. The molecule has 0 aromatic heterocycles. The third kappa shape index (κ3) is 3.67. The summed E-state index contributed by atoms with van der Waals surface area (Å²) in [6.45, 7) is 2.15. The molecular weight excluding hydrogens is 240 g/mol. The second kappa shape index (κ2) is 6.31. The summed E-state index contributed by atoms with van der Waals surface area (Å²) in [7, 11) is 0. The van der Waals surface area contributed by atoms with E-state index >= 15 is 0 Å². The SMILES string of the molecule is CCSc1ccc(/C=C/c2cccc(O)c2)cc1. The van der Waals surface area contributed by atoms with Gasteiger partial charge in [0.25, 0.3) is 0 Å². The smallest absolute Gasteiger partial charge is 0.116 e. The van der Waals surface area contributed by atoms with Crippen molar-refractivity contribution in [3.63, 3.8) is 0 Å². The maximum Gasteiger partial charge on any atom is 0.116 e. The van der Waals surface area contributed by atoms with Crippen molar-refractivity contribution in [2.24, 2.45) is 0 Å². The Labute approximate surface area is 112 Å². The van der Waals surface area contributed by atoms with Gasteiger partial charge < -0.3 is 5.11 Å². The minimum atomic E-state index is 0.298. The van der Waals surface area contributed by atoms with Crippen molar-refractivity contribution in [1.82, 2.24) is 0 Å². The van der Waals surface area contributed by atoms with Crippen LogP contribution < -0.4 is 0 Å². The lowest BCUT2D eigenvalue weighted by atomic mass is 10.1. The van der Waals surface area contributed by atoms with Crippen molar-refractivity contribution in [2.75, 3.05) is 5.75 Å². The van der Waals surface area contributed by atoms with Gasteiger partial charge in [0.2, 0.25) is 0 Å². The first-order chi connectivity index (χ1) is 8.78. The summed E-state index contributed by atoms with van der Waals surface area (Å²) in [5.41, 5.74) is 2.17. The van der Waals surface area contributed by atoms with Crippen molar-refractivity contribution >= 4 is 23.9 Å². The van der Waals surface area contributed by atoms with Gasteiger partial charge in [-0.3, -0.25) is 0 Å². The molecule has 0 unspecified atom stereocenters. The van der Waals surface area contributed by atoms with E-state index < -0.39 is 0 Å². The summed E-state index contributed by atoms with van der Waals surface area (Å²) in [5.74, 6) is 1.39. The molecule has 0 saturated heterocycles. The van der Waals surface area contributed by atoms with E-state index in [4.69, 9.17) is 0 Å². The molecule has 0 heterocycles. The van der Waals surface area contributed by atoms with Crippen molar-refractivity contribution in [2.45, 2.75) is 11.8 Å². The van der Waals surface area contributed by atoms with Gasteiger partial charge in [-0.05, 0) is 41.1 Å². The molecule has 0 aliphatic heterocycles. The molecule has 0 fully saturated rings. The predicted molar refractivity (Wildman–Crippen MR) is 79.9 cm³/mol. The quantitative estimate of drug-likeness (QED) is 0.633. The number of phenols is 1. The summed E-state index contributed by atoms with van der Waals surface area (Å²) in [6, 6.07) is 15.7. The molecule has 0 aliphatic carbocycles. The molecule has 92 valence electrons. The van der Waals surface area contributed by atoms with Crippen LogP contribution in [0.15, 0.2) is 53.4 Å². The van der Waals surface area contributed by atoms with Crippen LogP contribution in [-0.4, -0.2) is 10.9 Å².